The first-order valence-corrected chi connectivity index (χ1v) is 7.93. The molecule has 2 atom stereocenters. The molecular weight excluding hydrogens is 300 g/mol. The average molecular weight is 334 g/mol. The third-order valence-electron chi connectivity index (χ3n) is 3.89. The van der Waals surface area contributed by atoms with Crippen molar-refractivity contribution < 1.29 is 29.7 Å². The Kier molecular flexibility index (Phi) is 14.8. The van der Waals surface area contributed by atoms with Crippen molar-refractivity contribution in [2.45, 2.75) is 68.2 Å². The molecule has 6 heteroatoms. The number of carboxylic acid groups (broad SMARTS) is 3. The van der Waals surface area contributed by atoms with E-state index < -0.39 is 23.3 Å². The van der Waals surface area contributed by atoms with Gasteiger partial charge in [-0.2, -0.15) is 0 Å². The average Bonchev–Trinajstić information content (AvgIpc) is 2.46. The van der Waals surface area contributed by atoms with Crippen molar-refractivity contribution in [3.05, 3.63) is 0 Å². The lowest BCUT2D eigenvalue weighted by Gasteiger charge is -2.14. The molecule has 0 aromatic rings. The monoisotopic (exact) mass is 334 g/mol. The normalized spacial score (nSPS) is 12.9. The molecule has 0 aliphatic carbocycles. The van der Waals surface area contributed by atoms with Crippen LogP contribution in [0.15, 0.2) is 0 Å². The summed E-state index contributed by atoms with van der Waals surface area (Å²) in [7, 11) is 0. The second-order valence-corrected chi connectivity index (χ2v) is 6.56. The van der Waals surface area contributed by atoms with Crippen molar-refractivity contribution in [2.75, 3.05) is 0 Å². The Morgan fingerprint density at radius 3 is 1.26 bits per heavy atom. The standard InChI is InChI=1S/2C6H12O2.C5H10O2/c1-4-6(2,3)5(7)8;1-4(2)5(3)6(7)8;1-3-4(2)5(6)7/h4H2,1-3H3,(H,7,8);4-5H,1-3H3,(H,7,8);4H,3H2,1-2H3,(H,6,7). The molecule has 23 heavy (non-hydrogen) atoms. The molecule has 0 heterocycles. The SMILES string of the molecule is CC(C)C(C)C(=O)O.CCC(C)(C)C(=O)O.CCC(C)C(=O)O. The van der Waals surface area contributed by atoms with E-state index in [1.807, 2.05) is 27.7 Å². The molecule has 138 valence electrons. The summed E-state index contributed by atoms with van der Waals surface area (Å²) in [6, 6.07) is 0. The minimum Gasteiger partial charge on any atom is -0.481 e. The van der Waals surface area contributed by atoms with E-state index in [1.54, 1.807) is 27.7 Å². The molecule has 3 N–H and O–H groups in total. The van der Waals surface area contributed by atoms with Crippen LogP contribution in [0.1, 0.15) is 68.2 Å². The number of rotatable bonds is 6. The van der Waals surface area contributed by atoms with E-state index in [9.17, 15) is 14.4 Å². The van der Waals surface area contributed by atoms with E-state index >= 15 is 0 Å². The third-order valence-corrected chi connectivity index (χ3v) is 3.89. The van der Waals surface area contributed by atoms with Gasteiger partial charge in [-0.25, -0.2) is 0 Å². The van der Waals surface area contributed by atoms with Gasteiger partial charge in [-0.15, -0.1) is 0 Å². The van der Waals surface area contributed by atoms with Crippen LogP contribution in [0.2, 0.25) is 0 Å². The van der Waals surface area contributed by atoms with Gasteiger partial charge in [0.1, 0.15) is 0 Å². The van der Waals surface area contributed by atoms with Crippen LogP contribution in [0.5, 0.6) is 0 Å². The first-order valence-electron chi connectivity index (χ1n) is 7.93. The fraction of sp³-hybridized carbons (Fsp3) is 0.824. The van der Waals surface area contributed by atoms with Crippen LogP contribution < -0.4 is 0 Å². The molecule has 0 aliphatic heterocycles. The Morgan fingerprint density at radius 1 is 0.870 bits per heavy atom. The maximum absolute atomic E-state index is 10.3. The molecule has 0 rings (SSSR count). The van der Waals surface area contributed by atoms with E-state index in [-0.39, 0.29) is 17.8 Å². The third kappa shape index (κ3) is 15.1. The zero-order chi connectivity index (χ0) is 19.4. The van der Waals surface area contributed by atoms with Gasteiger partial charge in [-0.05, 0) is 32.6 Å². The second-order valence-electron chi connectivity index (χ2n) is 6.56. The summed E-state index contributed by atoms with van der Waals surface area (Å²) in [5.41, 5.74) is -0.542. The second kappa shape index (κ2) is 12.9. The van der Waals surface area contributed by atoms with Gasteiger partial charge in [-0.1, -0.05) is 41.5 Å². The molecule has 0 aromatic heterocycles. The highest BCUT2D eigenvalue weighted by atomic mass is 16.4. The number of hydrogen-bond donors (Lipinski definition) is 3. The summed E-state index contributed by atoms with van der Waals surface area (Å²) in [5.74, 6) is -2.29. The van der Waals surface area contributed by atoms with Crippen molar-refractivity contribution in [3.8, 4) is 0 Å². The fourth-order valence-corrected chi connectivity index (χ4v) is 0.611. The van der Waals surface area contributed by atoms with Crippen molar-refractivity contribution in [3.63, 3.8) is 0 Å². The summed E-state index contributed by atoms with van der Waals surface area (Å²) >= 11 is 0. The Hall–Kier alpha value is -1.59. The van der Waals surface area contributed by atoms with Crippen LogP contribution in [-0.4, -0.2) is 33.2 Å². The predicted octanol–water partition coefficient (Wildman–Crippen LogP) is 3.99. The molecule has 0 fully saturated rings. The molecule has 0 amide bonds. The van der Waals surface area contributed by atoms with Crippen LogP contribution in [0, 0.1) is 23.2 Å². The first kappa shape index (κ1) is 26.3. The maximum Gasteiger partial charge on any atom is 0.309 e. The number of carbonyl (C=O) groups is 3. The van der Waals surface area contributed by atoms with E-state index in [0.717, 1.165) is 6.42 Å². The first-order chi connectivity index (χ1) is 10.2. The van der Waals surface area contributed by atoms with Crippen molar-refractivity contribution >= 4 is 17.9 Å². The molecule has 0 saturated carbocycles. The smallest absolute Gasteiger partial charge is 0.309 e. The van der Waals surface area contributed by atoms with E-state index in [2.05, 4.69) is 0 Å². The molecule has 6 nitrogen and oxygen atoms in total. The zero-order valence-electron chi connectivity index (χ0n) is 15.7. The topological polar surface area (TPSA) is 112 Å². The summed E-state index contributed by atoms with van der Waals surface area (Å²) in [6.07, 6.45) is 1.40. The highest BCUT2D eigenvalue weighted by Gasteiger charge is 2.23. The van der Waals surface area contributed by atoms with Gasteiger partial charge < -0.3 is 15.3 Å². The zero-order valence-corrected chi connectivity index (χ0v) is 15.7. The molecule has 0 aromatic carbocycles. The number of hydrogen-bond acceptors (Lipinski definition) is 3. The van der Waals surface area contributed by atoms with Gasteiger partial charge in [0.15, 0.2) is 0 Å². The van der Waals surface area contributed by atoms with Gasteiger partial charge in [0.05, 0.1) is 17.3 Å². The molecule has 0 aliphatic rings. The highest BCUT2D eigenvalue weighted by molar-refractivity contribution is 5.73. The molecule has 0 spiro atoms. The lowest BCUT2D eigenvalue weighted by molar-refractivity contribution is -0.147. The van der Waals surface area contributed by atoms with Crippen LogP contribution in [-0.2, 0) is 14.4 Å². The summed E-state index contributed by atoms with van der Waals surface area (Å²) in [4.78, 5) is 30.3. The van der Waals surface area contributed by atoms with Gasteiger partial charge >= 0.3 is 17.9 Å². The molecule has 0 bridgehead atoms. The molecule has 2 unspecified atom stereocenters. The van der Waals surface area contributed by atoms with Crippen LogP contribution in [0.4, 0.5) is 0 Å². The van der Waals surface area contributed by atoms with Crippen molar-refractivity contribution in [1.82, 2.24) is 0 Å². The molecule has 0 saturated heterocycles. The summed E-state index contributed by atoms with van der Waals surface area (Å²) in [5, 5.41) is 25.0. The fourth-order valence-electron chi connectivity index (χ4n) is 0.611. The summed E-state index contributed by atoms with van der Waals surface area (Å²) < 4.78 is 0. The van der Waals surface area contributed by atoms with E-state index in [1.165, 1.54) is 0 Å². The maximum atomic E-state index is 10.3. The van der Waals surface area contributed by atoms with E-state index in [4.69, 9.17) is 15.3 Å². The van der Waals surface area contributed by atoms with Crippen molar-refractivity contribution in [1.29, 1.82) is 0 Å². The van der Waals surface area contributed by atoms with Crippen molar-refractivity contribution in [2.24, 2.45) is 23.2 Å². The largest absolute Gasteiger partial charge is 0.481 e. The quantitative estimate of drug-likeness (QED) is 0.677. The molecular formula is C17H34O6. The van der Waals surface area contributed by atoms with Gasteiger partial charge in [-0.3, -0.25) is 14.4 Å². The summed E-state index contributed by atoms with van der Waals surface area (Å²) in [6.45, 7) is 14.4. The van der Waals surface area contributed by atoms with Crippen LogP contribution >= 0.6 is 0 Å². The number of aliphatic carboxylic acids is 3. The lowest BCUT2D eigenvalue weighted by atomic mass is 9.91. The van der Waals surface area contributed by atoms with Crippen LogP contribution in [0.25, 0.3) is 0 Å². The predicted molar refractivity (Wildman–Crippen MR) is 90.4 cm³/mol. The Morgan fingerprint density at radius 2 is 1.26 bits per heavy atom. The minimum absolute atomic E-state index is 0.181. The lowest BCUT2D eigenvalue weighted by Crippen LogP contribution is -2.21. The van der Waals surface area contributed by atoms with Crippen LogP contribution in [0.3, 0.4) is 0 Å². The minimum atomic E-state index is -0.722. The Labute approximate surface area is 139 Å². The Bertz CT molecular complexity index is 360. The van der Waals surface area contributed by atoms with Gasteiger partial charge in [0.2, 0.25) is 0 Å². The van der Waals surface area contributed by atoms with Gasteiger partial charge in [0.25, 0.3) is 0 Å². The Balaban J connectivity index is -0.000000262. The molecule has 0 radical (unpaired) electrons. The van der Waals surface area contributed by atoms with E-state index in [0.29, 0.717) is 6.42 Å². The number of carboxylic acids is 3. The van der Waals surface area contributed by atoms with Gasteiger partial charge in [0, 0.05) is 0 Å². The highest BCUT2D eigenvalue weighted by Crippen LogP contribution is 2.18.